The smallest absolute Gasteiger partial charge is 0.148 e. The van der Waals surface area contributed by atoms with Gasteiger partial charge in [-0.1, -0.05) is 60.7 Å². The average Bonchev–Trinajstić information content (AvgIpc) is 2.53. The Balaban J connectivity index is 2.49. The molecule has 2 nitrogen and oxygen atoms in total. The number of aliphatic imine (C=N–C) groups is 1. The maximum atomic E-state index is 9.15. The summed E-state index contributed by atoms with van der Waals surface area (Å²) in [6.07, 6.45) is 5.61. The standard InChI is InChI=1S/C18H14N2/c1-2-9-17(14-19)20-18(15-10-5-3-6-11-15)16-12-7-4-8-13-16/h1,3-8,10-13,17H,9H2. The Hall–Kier alpha value is -2.84. The van der Waals surface area contributed by atoms with E-state index in [9.17, 15) is 0 Å². The first-order valence-electron chi connectivity index (χ1n) is 6.37. The maximum absolute atomic E-state index is 9.15. The van der Waals surface area contributed by atoms with Gasteiger partial charge in [-0.3, -0.25) is 4.99 Å². The minimum atomic E-state index is -0.518. The summed E-state index contributed by atoms with van der Waals surface area (Å²) >= 11 is 0. The molecule has 2 aromatic rings. The second kappa shape index (κ2) is 6.92. The van der Waals surface area contributed by atoms with Gasteiger partial charge in [-0.25, -0.2) is 0 Å². The summed E-state index contributed by atoms with van der Waals surface area (Å²) in [6, 6.07) is 21.3. The molecule has 0 heterocycles. The van der Waals surface area contributed by atoms with Gasteiger partial charge in [0.15, 0.2) is 0 Å². The van der Waals surface area contributed by atoms with E-state index in [4.69, 9.17) is 11.7 Å². The Bertz CT molecular complexity index is 617. The van der Waals surface area contributed by atoms with Crippen LogP contribution < -0.4 is 0 Å². The van der Waals surface area contributed by atoms with E-state index in [1.54, 1.807) is 0 Å². The molecule has 2 aromatic carbocycles. The van der Waals surface area contributed by atoms with Crippen LogP contribution in [0.15, 0.2) is 65.7 Å². The first kappa shape index (κ1) is 13.6. The third-order valence-electron chi connectivity index (χ3n) is 2.84. The molecule has 0 bridgehead atoms. The molecular weight excluding hydrogens is 244 g/mol. The summed E-state index contributed by atoms with van der Waals surface area (Å²) < 4.78 is 0. The first-order valence-corrected chi connectivity index (χ1v) is 6.37. The van der Waals surface area contributed by atoms with E-state index in [-0.39, 0.29) is 0 Å². The molecule has 0 spiro atoms. The Morgan fingerprint density at radius 2 is 1.50 bits per heavy atom. The van der Waals surface area contributed by atoms with Gasteiger partial charge in [0, 0.05) is 17.5 Å². The van der Waals surface area contributed by atoms with Gasteiger partial charge in [-0.2, -0.15) is 5.26 Å². The summed E-state index contributed by atoms with van der Waals surface area (Å²) in [5.41, 5.74) is 2.76. The Morgan fingerprint density at radius 1 is 1.00 bits per heavy atom. The molecule has 1 atom stereocenters. The van der Waals surface area contributed by atoms with E-state index in [1.807, 2.05) is 60.7 Å². The molecule has 2 heteroatoms. The summed E-state index contributed by atoms with van der Waals surface area (Å²) in [4.78, 5) is 4.54. The summed E-state index contributed by atoms with van der Waals surface area (Å²) in [5, 5.41) is 9.15. The van der Waals surface area contributed by atoms with Crippen molar-refractivity contribution in [3.05, 3.63) is 71.8 Å². The lowest BCUT2D eigenvalue weighted by Gasteiger charge is -2.09. The zero-order chi connectivity index (χ0) is 14.2. The summed E-state index contributed by atoms with van der Waals surface area (Å²) in [6.45, 7) is 0. The van der Waals surface area contributed by atoms with Crippen molar-refractivity contribution >= 4 is 5.71 Å². The van der Waals surface area contributed by atoms with Gasteiger partial charge in [0.1, 0.15) is 6.04 Å². The molecule has 0 amide bonds. The van der Waals surface area contributed by atoms with Crippen molar-refractivity contribution in [1.29, 1.82) is 5.26 Å². The molecule has 0 saturated heterocycles. The van der Waals surface area contributed by atoms with Crippen molar-refractivity contribution in [3.8, 4) is 18.4 Å². The molecule has 0 N–H and O–H groups in total. The Morgan fingerprint density at radius 3 is 1.90 bits per heavy atom. The third kappa shape index (κ3) is 3.34. The van der Waals surface area contributed by atoms with Crippen molar-refractivity contribution in [2.24, 2.45) is 4.99 Å². The highest BCUT2D eigenvalue weighted by molar-refractivity contribution is 6.13. The monoisotopic (exact) mass is 258 g/mol. The van der Waals surface area contributed by atoms with Crippen LogP contribution in [0.2, 0.25) is 0 Å². The van der Waals surface area contributed by atoms with Crippen LogP contribution in [0.4, 0.5) is 0 Å². The summed E-state index contributed by atoms with van der Waals surface area (Å²) in [7, 11) is 0. The van der Waals surface area contributed by atoms with Crippen LogP contribution in [0.5, 0.6) is 0 Å². The van der Waals surface area contributed by atoms with Crippen molar-refractivity contribution in [3.63, 3.8) is 0 Å². The molecule has 96 valence electrons. The number of nitrogens with zero attached hydrogens (tertiary/aromatic N) is 2. The molecule has 0 aliphatic heterocycles. The van der Waals surface area contributed by atoms with Gasteiger partial charge < -0.3 is 0 Å². The second-order valence-electron chi connectivity index (χ2n) is 4.26. The third-order valence-corrected chi connectivity index (χ3v) is 2.84. The number of rotatable bonds is 4. The highest BCUT2D eigenvalue weighted by Crippen LogP contribution is 2.13. The average molecular weight is 258 g/mol. The molecular formula is C18H14N2. The predicted octanol–water partition coefficient (Wildman–Crippen LogP) is 3.44. The molecule has 0 aliphatic carbocycles. The normalized spacial score (nSPS) is 10.9. The fraction of sp³-hybridized carbons (Fsp3) is 0.111. The molecule has 20 heavy (non-hydrogen) atoms. The lowest BCUT2D eigenvalue weighted by atomic mass is 10.0. The van der Waals surface area contributed by atoms with E-state index in [2.05, 4.69) is 17.0 Å². The van der Waals surface area contributed by atoms with Crippen molar-refractivity contribution in [2.45, 2.75) is 12.5 Å². The molecule has 0 aromatic heterocycles. The predicted molar refractivity (Wildman–Crippen MR) is 81.4 cm³/mol. The fourth-order valence-corrected chi connectivity index (χ4v) is 1.90. The SMILES string of the molecule is C#CCC(C#N)N=C(c1ccccc1)c1ccccc1. The van der Waals surface area contributed by atoms with Crippen LogP contribution in [0, 0.1) is 23.7 Å². The molecule has 2 rings (SSSR count). The Labute approximate surface area is 119 Å². The van der Waals surface area contributed by atoms with Crippen molar-refractivity contribution in [1.82, 2.24) is 0 Å². The van der Waals surface area contributed by atoms with Gasteiger partial charge in [0.25, 0.3) is 0 Å². The zero-order valence-corrected chi connectivity index (χ0v) is 11.0. The fourth-order valence-electron chi connectivity index (χ4n) is 1.90. The maximum Gasteiger partial charge on any atom is 0.148 e. The number of hydrogen-bond acceptors (Lipinski definition) is 2. The van der Waals surface area contributed by atoms with Gasteiger partial charge in [0.2, 0.25) is 0 Å². The number of benzene rings is 2. The second-order valence-corrected chi connectivity index (χ2v) is 4.26. The van der Waals surface area contributed by atoms with Gasteiger partial charge in [0.05, 0.1) is 11.8 Å². The van der Waals surface area contributed by atoms with Crippen LogP contribution in [0.3, 0.4) is 0 Å². The van der Waals surface area contributed by atoms with Crippen LogP contribution in [-0.2, 0) is 0 Å². The number of hydrogen-bond donors (Lipinski definition) is 0. The zero-order valence-electron chi connectivity index (χ0n) is 11.0. The largest absolute Gasteiger partial charge is 0.265 e. The van der Waals surface area contributed by atoms with E-state index in [1.165, 1.54) is 0 Å². The van der Waals surface area contributed by atoms with E-state index >= 15 is 0 Å². The van der Waals surface area contributed by atoms with Crippen molar-refractivity contribution in [2.75, 3.05) is 0 Å². The minimum absolute atomic E-state index is 0.319. The van der Waals surface area contributed by atoms with E-state index in [0.29, 0.717) is 6.42 Å². The van der Waals surface area contributed by atoms with Crippen LogP contribution >= 0.6 is 0 Å². The van der Waals surface area contributed by atoms with Gasteiger partial charge in [-0.15, -0.1) is 12.3 Å². The lowest BCUT2D eigenvalue weighted by molar-refractivity contribution is 0.867. The highest BCUT2D eigenvalue weighted by Gasteiger charge is 2.10. The number of terminal acetylenes is 1. The lowest BCUT2D eigenvalue weighted by Crippen LogP contribution is -2.09. The molecule has 0 radical (unpaired) electrons. The highest BCUT2D eigenvalue weighted by atomic mass is 14.8. The van der Waals surface area contributed by atoms with Gasteiger partial charge >= 0.3 is 0 Å². The van der Waals surface area contributed by atoms with E-state index < -0.39 is 6.04 Å². The topological polar surface area (TPSA) is 36.1 Å². The molecule has 0 saturated carbocycles. The molecule has 0 fully saturated rings. The van der Waals surface area contributed by atoms with Crippen LogP contribution in [0.25, 0.3) is 0 Å². The number of nitriles is 1. The first-order chi connectivity index (χ1) is 9.85. The van der Waals surface area contributed by atoms with Crippen LogP contribution in [0.1, 0.15) is 17.5 Å². The van der Waals surface area contributed by atoms with Crippen molar-refractivity contribution < 1.29 is 0 Å². The van der Waals surface area contributed by atoms with Gasteiger partial charge in [-0.05, 0) is 0 Å². The van der Waals surface area contributed by atoms with E-state index in [0.717, 1.165) is 16.8 Å². The Kier molecular flexibility index (Phi) is 4.70. The van der Waals surface area contributed by atoms with Crippen LogP contribution in [-0.4, -0.2) is 11.8 Å². The molecule has 0 aliphatic rings. The molecule has 1 unspecified atom stereocenters. The quantitative estimate of drug-likeness (QED) is 0.611. The minimum Gasteiger partial charge on any atom is -0.265 e. The summed E-state index contributed by atoms with van der Waals surface area (Å²) in [5.74, 6) is 2.50.